The first kappa shape index (κ1) is 32.6. The molecule has 1 unspecified atom stereocenters. The quantitative estimate of drug-likeness (QED) is 0.238. The molecule has 0 aliphatic carbocycles. The van der Waals surface area contributed by atoms with Gasteiger partial charge in [-0.15, -0.1) is 0 Å². The van der Waals surface area contributed by atoms with Gasteiger partial charge in [0, 0.05) is 42.8 Å². The number of amides is 1. The van der Waals surface area contributed by atoms with Gasteiger partial charge in [-0.25, -0.2) is 13.6 Å². The first-order valence-corrected chi connectivity index (χ1v) is 15.5. The number of ether oxygens (including phenoxy) is 2. The van der Waals surface area contributed by atoms with E-state index >= 15 is 4.39 Å². The highest BCUT2D eigenvalue weighted by Crippen LogP contribution is 2.38. The SMILES string of the molecule is CN1CCCC1.COc1nc(N2CCN(C(=O)OC(C)(C)C)CC2C)c2cnc(-c3cccc4ccc(F)c(Cl)c34)c(F)c2n1. The second-order valence-electron chi connectivity index (χ2n) is 12.5. The van der Waals surface area contributed by atoms with Crippen LogP contribution in [0.25, 0.3) is 32.9 Å². The van der Waals surface area contributed by atoms with Gasteiger partial charge in [0.15, 0.2) is 5.82 Å². The van der Waals surface area contributed by atoms with Crippen LogP contribution < -0.4 is 9.64 Å². The number of hydrogen-bond acceptors (Lipinski definition) is 8. The summed E-state index contributed by atoms with van der Waals surface area (Å²) in [6, 6.07) is 7.81. The molecule has 0 N–H and O–H groups in total. The van der Waals surface area contributed by atoms with Gasteiger partial charge >= 0.3 is 12.1 Å². The molecule has 9 nitrogen and oxygen atoms in total. The van der Waals surface area contributed by atoms with Crippen LogP contribution >= 0.6 is 11.6 Å². The maximum atomic E-state index is 16.2. The lowest BCUT2D eigenvalue weighted by atomic mass is 10.0. The van der Waals surface area contributed by atoms with Gasteiger partial charge in [-0.3, -0.25) is 4.98 Å². The first-order valence-electron chi connectivity index (χ1n) is 15.1. The van der Waals surface area contributed by atoms with Crippen molar-refractivity contribution in [3.63, 3.8) is 0 Å². The number of rotatable bonds is 3. The molecule has 1 atom stereocenters. The number of carbonyl (C=O) groups excluding carboxylic acids is 1. The van der Waals surface area contributed by atoms with Crippen molar-refractivity contribution in [2.24, 2.45) is 0 Å². The topological polar surface area (TPSA) is 83.9 Å². The smallest absolute Gasteiger partial charge is 0.410 e. The zero-order valence-electron chi connectivity index (χ0n) is 26.5. The number of anilines is 1. The molecule has 0 bridgehead atoms. The van der Waals surface area contributed by atoms with E-state index in [9.17, 15) is 9.18 Å². The van der Waals surface area contributed by atoms with E-state index in [-0.39, 0.29) is 34.4 Å². The minimum Gasteiger partial charge on any atom is -0.467 e. The fourth-order valence-corrected chi connectivity index (χ4v) is 5.94. The fourth-order valence-electron chi connectivity index (χ4n) is 5.67. The maximum absolute atomic E-state index is 16.2. The van der Waals surface area contributed by atoms with E-state index in [1.54, 1.807) is 29.2 Å². The van der Waals surface area contributed by atoms with Gasteiger partial charge in [0.25, 0.3) is 0 Å². The molecule has 240 valence electrons. The first-order chi connectivity index (χ1) is 21.4. The highest BCUT2D eigenvalue weighted by atomic mass is 35.5. The average Bonchev–Trinajstić information content (AvgIpc) is 3.49. The normalized spacial score (nSPS) is 17.4. The molecule has 1 amide bonds. The fraction of sp³-hybridized carbons (Fsp3) is 0.455. The lowest BCUT2D eigenvalue weighted by Crippen LogP contribution is -2.54. The van der Waals surface area contributed by atoms with Gasteiger partial charge in [-0.05, 0) is 72.1 Å². The summed E-state index contributed by atoms with van der Waals surface area (Å²) in [7, 11) is 3.58. The number of methoxy groups -OCH3 is 1. The predicted octanol–water partition coefficient (Wildman–Crippen LogP) is 6.94. The highest BCUT2D eigenvalue weighted by Gasteiger charge is 2.32. The van der Waals surface area contributed by atoms with Crippen molar-refractivity contribution in [2.75, 3.05) is 51.8 Å². The van der Waals surface area contributed by atoms with Crippen LogP contribution in [-0.4, -0.2) is 89.4 Å². The Morgan fingerprint density at radius 2 is 1.78 bits per heavy atom. The van der Waals surface area contributed by atoms with E-state index in [2.05, 4.69) is 26.9 Å². The lowest BCUT2D eigenvalue weighted by Gasteiger charge is -2.41. The summed E-state index contributed by atoms with van der Waals surface area (Å²) in [5, 5.41) is 1.28. The molecule has 12 heteroatoms. The van der Waals surface area contributed by atoms with E-state index < -0.39 is 17.2 Å². The second-order valence-corrected chi connectivity index (χ2v) is 12.8. The number of piperazine rings is 1. The van der Waals surface area contributed by atoms with Gasteiger partial charge in [0.1, 0.15) is 28.4 Å². The minimum absolute atomic E-state index is 0.00755. The molecule has 2 aromatic heterocycles. The van der Waals surface area contributed by atoms with E-state index in [1.807, 2.05) is 32.6 Å². The summed E-state index contributed by atoms with van der Waals surface area (Å²) >= 11 is 6.30. The Labute approximate surface area is 267 Å². The van der Waals surface area contributed by atoms with Crippen molar-refractivity contribution in [3.05, 3.63) is 53.2 Å². The summed E-state index contributed by atoms with van der Waals surface area (Å²) in [6.45, 7) is 11.3. The Hall–Kier alpha value is -3.83. The van der Waals surface area contributed by atoms with Gasteiger partial charge in [0.2, 0.25) is 0 Å². The molecule has 2 fully saturated rings. The lowest BCUT2D eigenvalue weighted by molar-refractivity contribution is 0.0218. The van der Waals surface area contributed by atoms with Crippen molar-refractivity contribution in [1.82, 2.24) is 24.8 Å². The maximum Gasteiger partial charge on any atom is 0.410 e. The number of halogens is 3. The molecule has 4 aromatic rings. The minimum atomic E-state index is -0.706. The Balaban J connectivity index is 0.000000598. The number of pyridine rings is 1. The third kappa shape index (κ3) is 7.04. The van der Waals surface area contributed by atoms with Crippen LogP contribution in [0.2, 0.25) is 5.02 Å². The van der Waals surface area contributed by atoms with Crippen LogP contribution in [0.3, 0.4) is 0 Å². The Bertz CT molecular complexity index is 1710. The summed E-state index contributed by atoms with van der Waals surface area (Å²) in [6.07, 6.45) is 3.94. The molecular formula is C33H39ClF2N6O3. The standard InChI is InChI=1S/C28H28ClF2N5O3.C5H11N/c1-15-14-35(27(37)39-28(2,3)4)11-12-36(15)25-18-13-32-23(22(31)24(18)33-26(34-25)38-5)17-8-6-7-16-9-10-19(30)21(29)20(16)17;1-6-4-2-3-5-6/h6-10,13,15H,11-12,14H2,1-5H3;2-5H2,1H3. The van der Waals surface area contributed by atoms with Gasteiger partial charge in [-0.2, -0.15) is 9.97 Å². The predicted molar refractivity (Wildman–Crippen MR) is 173 cm³/mol. The zero-order chi connectivity index (χ0) is 32.5. The van der Waals surface area contributed by atoms with E-state index in [0.717, 1.165) is 0 Å². The Morgan fingerprint density at radius 3 is 2.40 bits per heavy atom. The number of benzene rings is 2. The van der Waals surface area contributed by atoms with E-state index in [4.69, 9.17) is 21.1 Å². The summed E-state index contributed by atoms with van der Waals surface area (Å²) in [5.41, 5.74) is -0.271. The molecular weight excluding hydrogens is 602 g/mol. The molecule has 2 aromatic carbocycles. The number of likely N-dealkylation sites (tertiary alicyclic amines) is 1. The van der Waals surface area contributed by atoms with Gasteiger partial charge in [0.05, 0.1) is 17.5 Å². The Kier molecular flexibility index (Phi) is 9.60. The molecule has 0 spiro atoms. The molecule has 2 saturated heterocycles. The number of hydrogen-bond donors (Lipinski definition) is 0. The average molecular weight is 641 g/mol. The summed E-state index contributed by atoms with van der Waals surface area (Å²) < 4.78 is 41.3. The van der Waals surface area contributed by atoms with Crippen molar-refractivity contribution >= 4 is 45.2 Å². The molecule has 45 heavy (non-hydrogen) atoms. The number of fused-ring (bicyclic) bond motifs is 2. The van der Waals surface area contributed by atoms with Crippen LogP contribution in [0.4, 0.5) is 19.4 Å². The second kappa shape index (κ2) is 13.3. The summed E-state index contributed by atoms with van der Waals surface area (Å²) in [5.74, 6) is -0.876. The van der Waals surface area contributed by atoms with Crippen LogP contribution in [-0.2, 0) is 4.74 Å². The summed E-state index contributed by atoms with van der Waals surface area (Å²) in [4.78, 5) is 31.8. The number of nitrogens with zero attached hydrogens (tertiary/aromatic N) is 6. The molecule has 6 rings (SSSR count). The third-order valence-corrected chi connectivity index (χ3v) is 8.27. The molecule has 4 heterocycles. The van der Waals surface area contributed by atoms with Crippen molar-refractivity contribution in [1.29, 1.82) is 0 Å². The number of carbonyl (C=O) groups is 1. The molecule has 2 aliphatic rings. The monoisotopic (exact) mass is 640 g/mol. The van der Waals surface area contributed by atoms with Gasteiger partial charge < -0.3 is 24.2 Å². The van der Waals surface area contributed by atoms with E-state index in [1.165, 1.54) is 45.3 Å². The van der Waals surface area contributed by atoms with Gasteiger partial charge in [-0.1, -0.05) is 35.9 Å². The highest BCUT2D eigenvalue weighted by molar-refractivity contribution is 6.36. The molecule has 0 saturated carbocycles. The van der Waals surface area contributed by atoms with E-state index in [0.29, 0.717) is 47.2 Å². The largest absolute Gasteiger partial charge is 0.467 e. The van der Waals surface area contributed by atoms with Crippen LogP contribution in [0.15, 0.2) is 36.5 Å². The molecule has 2 aliphatic heterocycles. The van der Waals surface area contributed by atoms with Crippen molar-refractivity contribution in [3.8, 4) is 17.3 Å². The van der Waals surface area contributed by atoms with Crippen LogP contribution in [0.5, 0.6) is 6.01 Å². The zero-order valence-corrected chi connectivity index (χ0v) is 27.3. The van der Waals surface area contributed by atoms with Crippen molar-refractivity contribution in [2.45, 2.75) is 52.2 Å². The van der Waals surface area contributed by atoms with Crippen LogP contribution in [0.1, 0.15) is 40.5 Å². The Morgan fingerprint density at radius 1 is 1.04 bits per heavy atom. The third-order valence-electron chi connectivity index (χ3n) is 7.90. The van der Waals surface area contributed by atoms with Crippen LogP contribution in [0, 0.1) is 11.6 Å². The number of aromatic nitrogens is 3. The van der Waals surface area contributed by atoms with Crippen molar-refractivity contribution < 1.29 is 23.0 Å². The molecule has 0 radical (unpaired) electrons.